The standard InChI is InChI=1S/C32H28F2N4O3/c1-4-20-22(33)7-5-16-9-19(39)10-21(25(16)20)29-27(34)24-14(2)28(17-12-40-13-17)36-31-26(24)32(37-29)41-15(3)30-23-8-6-18(35-23)11-38(30)31/h1,5,7,9-10,15,17-18,23,30,35,39H,6,8,11-13H2,2-3H3/t15-,18+,23-,30+/m0/s1. The van der Waals surface area contributed by atoms with Crippen LogP contribution in [-0.4, -0.2) is 59.1 Å². The molecule has 3 fully saturated rings. The number of aromatic hydroxyl groups is 1. The third-order valence-electron chi connectivity index (χ3n) is 9.31. The van der Waals surface area contributed by atoms with Crippen LogP contribution in [0.4, 0.5) is 14.6 Å². The normalized spacial score (nSPS) is 25.0. The number of hydrogen-bond acceptors (Lipinski definition) is 7. The summed E-state index contributed by atoms with van der Waals surface area (Å²) in [5.74, 6) is 2.12. The predicted octanol–water partition coefficient (Wildman–Crippen LogP) is 4.93. The number of halogens is 2. The van der Waals surface area contributed by atoms with Crippen molar-refractivity contribution in [3.05, 3.63) is 52.7 Å². The summed E-state index contributed by atoms with van der Waals surface area (Å²) in [4.78, 5) is 12.2. The first-order chi connectivity index (χ1) is 19.8. The van der Waals surface area contributed by atoms with Gasteiger partial charge in [-0.1, -0.05) is 12.0 Å². The number of terminal acetylenes is 1. The molecule has 0 unspecified atom stereocenters. The SMILES string of the molecule is C#Cc1c(F)ccc2cc(O)cc(-c3nc4c5c(nc(C6COC6)c(C)c5c3F)N3C[C@H]5CC[C@H](N5)[C@H]3[C@H](C)O4)c12. The summed E-state index contributed by atoms with van der Waals surface area (Å²) in [7, 11) is 0. The monoisotopic (exact) mass is 554 g/mol. The number of piperazine rings is 1. The lowest BCUT2D eigenvalue weighted by Gasteiger charge is -2.43. The fourth-order valence-corrected chi connectivity index (χ4v) is 7.39. The minimum atomic E-state index is -0.606. The fraction of sp³-hybridized carbons (Fsp3) is 0.375. The Bertz CT molecular complexity index is 1830. The number of phenolic OH excluding ortho intramolecular Hbond substituents is 1. The van der Waals surface area contributed by atoms with Crippen molar-refractivity contribution >= 4 is 27.4 Å². The third kappa shape index (κ3) is 3.44. The van der Waals surface area contributed by atoms with Crippen LogP contribution in [0.2, 0.25) is 0 Å². The molecule has 4 aliphatic rings. The zero-order valence-electron chi connectivity index (χ0n) is 22.7. The van der Waals surface area contributed by atoms with Gasteiger partial charge in [0.1, 0.15) is 29.2 Å². The van der Waals surface area contributed by atoms with Crippen molar-refractivity contribution in [2.75, 3.05) is 24.7 Å². The van der Waals surface area contributed by atoms with Crippen LogP contribution in [0.1, 0.15) is 42.5 Å². The molecule has 0 aliphatic carbocycles. The third-order valence-corrected chi connectivity index (χ3v) is 9.31. The van der Waals surface area contributed by atoms with E-state index in [4.69, 9.17) is 25.9 Å². The number of aryl methyl sites for hydroxylation is 1. The molecule has 0 saturated carbocycles. The van der Waals surface area contributed by atoms with E-state index in [-0.39, 0.29) is 52.6 Å². The Kier molecular flexibility index (Phi) is 5.28. The van der Waals surface area contributed by atoms with Crippen molar-refractivity contribution in [1.82, 2.24) is 15.3 Å². The minimum Gasteiger partial charge on any atom is -0.508 e. The van der Waals surface area contributed by atoms with Crippen LogP contribution >= 0.6 is 0 Å². The highest BCUT2D eigenvalue weighted by Crippen LogP contribution is 2.48. The summed E-state index contributed by atoms with van der Waals surface area (Å²) in [6, 6.07) is 6.16. The molecule has 208 valence electrons. The number of anilines is 1. The molecule has 4 aliphatic heterocycles. The molecule has 2 bridgehead atoms. The lowest BCUT2D eigenvalue weighted by atomic mass is 9.92. The van der Waals surface area contributed by atoms with E-state index in [9.17, 15) is 9.50 Å². The van der Waals surface area contributed by atoms with Crippen molar-refractivity contribution in [3.8, 4) is 35.2 Å². The molecule has 6 heterocycles. The Morgan fingerprint density at radius 2 is 1.95 bits per heavy atom. The number of phenols is 1. The number of ether oxygens (including phenoxy) is 2. The number of hydrogen-bond donors (Lipinski definition) is 2. The predicted molar refractivity (Wildman–Crippen MR) is 151 cm³/mol. The number of aromatic nitrogens is 2. The fourth-order valence-electron chi connectivity index (χ4n) is 7.39. The molecule has 8 rings (SSSR count). The van der Waals surface area contributed by atoms with Crippen molar-refractivity contribution in [2.24, 2.45) is 0 Å². The van der Waals surface area contributed by atoms with Crippen molar-refractivity contribution < 1.29 is 23.4 Å². The molecule has 7 nitrogen and oxygen atoms in total. The number of benzene rings is 2. The molecule has 4 aromatic rings. The van der Waals surface area contributed by atoms with Gasteiger partial charge in [-0.05, 0) is 55.8 Å². The second kappa shape index (κ2) is 8.75. The topological polar surface area (TPSA) is 79.7 Å². The molecular weight excluding hydrogens is 526 g/mol. The number of fused-ring (bicyclic) bond motifs is 6. The summed E-state index contributed by atoms with van der Waals surface area (Å²) >= 11 is 0. The molecule has 2 N–H and O–H groups in total. The minimum absolute atomic E-state index is 0.0119. The van der Waals surface area contributed by atoms with Crippen molar-refractivity contribution in [3.63, 3.8) is 0 Å². The van der Waals surface area contributed by atoms with Gasteiger partial charge in [0.05, 0.1) is 35.9 Å². The van der Waals surface area contributed by atoms with Crippen LogP contribution < -0.4 is 15.0 Å². The van der Waals surface area contributed by atoms with Crippen LogP contribution in [0, 0.1) is 30.9 Å². The van der Waals surface area contributed by atoms with Gasteiger partial charge in [-0.25, -0.2) is 18.7 Å². The highest BCUT2D eigenvalue weighted by molar-refractivity contribution is 6.06. The molecule has 3 saturated heterocycles. The molecule has 0 radical (unpaired) electrons. The second-order valence-electron chi connectivity index (χ2n) is 11.7. The summed E-state index contributed by atoms with van der Waals surface area (Å²) < 4.78 is 44.1. The van der Waals surface area contributed by atoms with Crippen LogP contribution in [0.15, 0.2) is 24.3 Å². The van der Waals surface area contributed by atoms with Gasteiger partial charge >= 0.3 is 0 Å². The highest BCUT2D eigenvalue weighted by Gasteiger charge is 2.47. The average Bonchev–Trinajstić information content (AvgIpc) is 3.24. The van der Waals surface area contributed by atoms with Gasteiger partial charge in [0, 0.05) is 40.9 Å². The maximum Gasteiger partial charge on any atom is 0.226 e. The molecule has 2 aromatic carbocycles. The molecule has 41 heavy (non-hydrogen) atoms. The molecule has 2 aromatic heterocycles. The van der Waals surface area contributed by atoms with E-state index >= 15 is 4.39 Å². The lowest BCUT2D eigenvalue weighted by molar-refractivity contribution is 0.00653. The summed E-state index contributed by atoms with van der Waals surface area (Å²) in [5.41, 5.74) is 1.63. The van der Waals surface area contributed by atoms with Gasteiger partial charge in [-0.15, -0.1) is 6.42 Å². The first-order valence-electron chi connectivity index (χ1n) is 14.1. The Balaban J connectivity index is 1.48. The lowest BCUT2D eigenvalue weighted by Crippen LogP contribution is -2.62. The van der Waals surface area contributed by atoms with Crippen LogP contribution in [-0.2, 0) is 4.74 Å². The molecule has 4 atom stereocenters. The molecule has 0 spiro atoms. The average molecular weight is 555 g/mol. The largest absolute Gasteiger partial charge is 0.508 e. The first kappa shape index (κ1) is 24.8. The Labute approximate surface area is 235 Å². The quantitative estimate of drug-likeness (QED) is 0.340. The van der Waals surface area contributed by atoms with Gasteiger partial charge < -0.3 is 24.8 Å². The Morgan fingerprint density at radius 3 is 2.71 bits per heavy atom. The van der Waals surface area contributed by atoms with E-state index in [1.807, 2.05) is 13.8 Å². The maximum atomic E-state index is 17.1. The number of nitrogens with one attached hydrogen (secondary N) is 1. The van der Waals surface area contributed by atoms with Gasteiger partial charge in [0.2, 0.25) is 5.88 Å². The summed E-state index contributed by atoms with van der Waals surface area (Å²) in [6.07, 6.45) is 7.55. The van der Waals surface area contributed by atoms with Gasteiger partial charge in [0.15, 0.2) is 5.82 Å². The van der Waals surface area contributed by atoms with E-state index in [0.717, 1.165) is 25.1 Å². The van der Waals surface area contributed by atoms with Crippen LogP contribution in [0.3, 0.4) is 0 Å². The zero-order valence-corrected chi connectivity index (χ0v) is 22.7. The molecular formula is C32H28F2N4O3. The Hall–Kier alpha value is -4.00. The number of rotatable bonds is 2. The van der Waals surface area contributed by atoms with Gasteiger partial charge in [0.25, 0.3) is 0 Å². The highest BCUT2D eigenvalue weighted by atomic mass is 19.1. The van der Waals surface area contributed by atoms with Crippen molar-refractivity contribution in [1.29, 1.82) is 0 Å². The smallest absolute Gasteiger partial charge is 0.226 e. The summed E-state index contributed by atoms with van der Waals surface area (Å²) in [6.45, 7) is 5.68. The first-order valence-corrected chi connectivity index (χ1v) is 14.1. The maximum absolute atomic E-state index is 17.1. The Morgan fingerprint density at radius 1 is 1.12 bits per heavy atom. The number of nitrogens with zero attached hydrogens (tertiary/aromatic N) is 3. The molecule has 9 heteroatoms. The second-order valence-corrected chi connectivity index (χ2v) is 11.7. The van der Waals surface area contributed by atoms with Crippen LogP contribution in [0.5, 0.6) is 11.6 Å². The van der Waals surface area contributed by atoms with Crippen LogP contribution in [0.25, 0.3) is 32.8 Å². The van der Waals surface area contributed by atoms with Crippen molar-refractivity contribution in [2.45, 2.75) is 56.8 Å². The van der Waals surface area contributed by atoms with E-state index in [2.05, 4.69) is 16.1 Å². The van der Waals surface area contributed by atoms with Gasteiger partial charge in [-0.2, -0.15) is 0 Å². The van der Waals surface area contributed by atoms with E-state index in [1.54, 1.807) is 0 Å². The molecule has 0 amide bonds. The number of pyridine rings is 2. The summed E-state index contributed by atoms with van der Waals surface area (Å²) in [5, 5.41) is 16.0. The van der Waals surface area contributed by atoms with E-state index in [1.165, 1.54) is 24.3 Å². The van der Waals surface area contributed by atoms with Gasteiger partial charge in [-0.3, -0.25) is 0 Å². The van der Waals surface area contributed by atoms with E-state index in [0.29, 0.717) is 52.2 Å². The zero-order chi connectivity index (χ0) is 28.2. The van der Waals surface area contributed by atoms with E-state index < -0.39 is 11.6 Å².